The van der Waals surface area contributed by atoms with E-state index < -0.39 is 0 Å². The number of amides is 1. The molecule has 0 aliphatic heterocycles. The maximum absolute atomic E-state index is 10.7. The van der Waals surface area contributed by atoms with Crippen LogP contribution in [0, 0.1) is 5.41 Å². The molecule has 0 fully saturated rings. The summed E-state index contributed by atoms with van der Waals surface area (Å²) in [6, 6.07) is 0. The van der Waals surface area contributed by atoms with Gasteiger partial charge in [0.25, 0.3) is 0 Å². The van der Waals surface area contributed by atoms with Gasteiger partial charge in [0.1, 0.15) is 0 Å². The zero-order valence-corrected chi connectivity index (χ0v) is 8.31. The van der Waals surface area contributed by atoms with E-state index in [2.05, 4.69) is 32.7 Å². The van der Waals surface area contributed by atoms with E-state index >= 15 is 0 Å². The molecule has 0 atom stereocenters. The first-order valence-electron chi connectivity index (χ1n) is 4.36. The molecule has 0 heterocycles. The fraction of sp³-hybridized carbons (Fsp3) is 0.700. The number of nitrogens with one attached hydrogen (secondary N) is 1. The van der Waals surface area contributed by atoms with Crippen LogP contribution >= 0.6 is 0 Å². The smallest absolute Gasteiger partial charge is 0.243 e. The van der Waals surface area contributed by atoms with E-state index in [0.29, 0.717) is 5.41 Å². The van der Waals surface area contributed by atoms with Crippen molar-refractivity contribution in [3.05, 3.63) is 12.7 Å². The van der Waals surface area contributed by atoms with Crippen LogP contribution < -0.4 is 5.32 Å². The summed E-state index contributed by atoms with van der Waals surface area (Å²) in [4.78, 5) is 10.7. The Morgan fingerprint density at radius 3 is 2.50 bits per heavy atom. The van der Waals surface area contributed by atoms with Crippen molar-refractivity contribution in [2.24, 2.45) is 5.41 Å². The van der Waals surface area contributed by atoms with Gasteiger partial charge in [-0.3, -0.25) is 4.79 Å². The number of hydrogen-bond acceptors (Lipinski definition) is 1. The Labute approximate surface area is 75.0 Å². The van der Waals surface area contributed by atoms with E-state index in [-0.39, 0.29) is 5.91 Å². The number of hydrogen-bond donors (Lipinski definition) is 1. The molecule has 0 spiro atoms. The van der Waals surface area contributed by atoms with Gasteiger partial charge in [-0.05, 0) is 24.3 Å². The van der Waals surface area contributed by atoms with Crippen LogP contribution in [-0.4, -0.2) is 12.5 Å². The summed E-state index contributed by atoms with van der Waals surface area (Å²) in [7, 11) is 0. The minimum Gasteiger partial charge on any atom is -0.353 e. The van der Waals surface area contributed by atoms with Gasteiger partial charge in [0.05, 0.1) is 0 Å². The highest BCUT2D eigenvalue weighted by atomic mass is 16.1. The second-order valence-corrected chi connectivity index (χ2v) is 4.16. The van der Waals surface area contributed by atoms with Crippen molar-refractivity contribution in [3.63, 3.8) is 0 Å². The van der Waals surface area contributed by atoms with E-state index in [1.807, 2.05) is 0 Å². The Kier molecular flexibility index (Phi) is 4.64. The van der Waals surface area contributed by atoms with Crippen LogP contribution in [0.2, 0.25) is 0 Å². The summed E-state index contributed by atoms with van der Waals surface area (Å²) >= 11 is 0. The van der Waals surface area contributed by atoms with Crippen molar-refractivity contribution in [1.29, 1.82) is 0 Å². The van der Waals surface area contributed by atoms with Crippen molar-refractivity contribution in [1.82, 2.24) is 5.32 Å². The molecule has 2 nitrogen and oxygen atoms in total. The summed E-state index contributed by atoms with van der Waals surface area (Å²) in [6.45, 7) is 10.7. The highest BCUT2D eigenvalue weighted by molar-refractivity contribution is 5.86. The Hall–Kier alpha value is -0.790. The van der Waals surface area contributed by atoms with E-state index in [9.17, 15) is 4.79 Å². The lowest BCUT2D eigenvalue weighted by molar-refractivity contribution is -0.116. The lowest BCUT2D eigenvalue weighted by Crippen LogP contribution is -2.22. The summed E-state index contributed by atoms with van der Waals surface area (Å²) in [5.41, 5.74) is 0.360. The van der Waals surface area contributed by atoms with Crippen LogP contribution in [-0.2, 0) is 4.79 Å². The molecule has 0 aliphatic rings. The highest BCUT2D eigenvalue weighted by Crippen LogP contribution is 2.19. The van der Waals surface area contributed by atoms with Crippen LogP contribution in [0.25, 0.3) is 0 Å². The van der Waals surface area contributed by atoms with Crippen LogP contribution in [0.4, 0.5) is 0 Å². The summed E-state index contributed by atoms with van der Waals surface area (Å²) in [6.07, 6.45) is 3.46. The first kappa shape index (κ1) is 11.2. The lowest BCUT2D eigenvalue weighted by Gasteiger charge is -2.17. The molecule has 1 N–H and O–H groups in total. The second kappa shape index (κ2) is 4.96. The minimum atomic E-state index is -0.0797. The van der Waals surface area contributed by atoms with E-state index in [1.165, 1.54) is 6.08 Å². The molecule has 0 aromatic heterocycles. The topological polar surface area (TPSA) is 29.1 Å². The molecule has 0 bridgehead atoms. The number of carbonyl (C=O) groups is 1. The third-order valence-electron chi connectivity index (χ3n) is 1.59. The van der Waals surface area contributed by atoms with Crippen molar-refractivity contribution >= 4 is 5.91 Å². The van der Waals surface area contributed by atoms with Crippen LogP contribution in [0.1, 0.15) is 33.6 Å². The average molecular weight is 169 g/mol. The molecule has 1 amide bonds. The minimum absolute atomic E-state index is 0.0797. The van der Waals surface area contributed by atoms with Gasteiger partial charge in [-0.1, -0.05) is 27.4 Å². The predicted octanol–water partition coefficient (Wildman–Crippen LogP) is 2.11. The molecule has 0 aromatic carbocycles. The molecule has 0 radical (unpaired) electrons. The first-order valence-corrected chi connectivity index (χ1v) is 4.36. The summed E-state index contributed by atoms with van der Waals surface area (Å²) in [5, 5.41) is 2.75. The van der Waals surface area contributed by atoms with Gasteiger partial charge in [0.15, 0.2) is 0 Å². The van der Waals surface area contributed by atoms with Crippen LogP contribution in [0.5, 0.6) is 0 Å². The third kappa shape index (κ3) is 7.32. The van der Waals surface area contributed by atoms with E-state index in [1.54, 1.807) is 0 Å². The average Bonchev–Trinajstić information content (AvgIpc) is 1.96. The molecule has 12 heavy (non-hydrogen) atoms. The molecule has 0 rings (SSSR count). The zero-order valence-electron chi connectivity index (χ0n) is 8.31. The molecular weight excluding hydrogens is 150 g/mol. The summed E-state index contributed by atoms with van der Waals surface area (Å²) < 4.78 is 0. The van der Waals surface area contributed by atoms with E-state index in [4.69, 9.17) is 0 Å². The molecule has 0 aromatic rings. The van der Waals surface area contributed by atoms with Gasteiger partial charge in [-0.15, -0.1) is 0 Å². The molecule has 70 valence electrons. The fourth-order valence-corrected chi connectivity index (χ4v) is 0.902. The second-order valence-electron chi connectivity index (χ2n) is 4.16. The SMILES string of the molecule is C=CC(=O)NCCCC(C)(C)C. The Morgan fingerprint density at radius 2 is 2.08 bits per heavy atom. The van der Waals surface area contributed by atoms with Gasteiger partial charge >= 0.3 is 0 Å². The van der Waals surface area contributed by atoms with Crippen molar-refractivity contribution in [2.75, 3.05) is 6.54 Å². The number of rotatable bonds is 4. The molecular formula is C10H19NO. The molecule has 0 saturated carbocycles. The maximum Gasteiger partial charge on any atom is 0.243 e. The largest absolute Gasteiger partial charge is 0.353 e. The van der Waals surface area contributed by atoms with Crippen LogP contribution in [0.3, 0.4) is 0 Å². The normalized spacial score (nSPS) is 10.9. The standard InChI is InChI=1S/C10H19NO/c1-5-9(12)11-8-6-7-10(2,3)4/h5H,1,6-8H2,2-4H3,(H,11,12). The fourth-order valence-electron chi connectivity index (χ4n) is 0.902. The van der Waals surface area contributed by atoms with Gasteiger partial charge in [-0.2, -0.15) is 0 Å². The summed E-state index contributed by atoms with van der Waals surface area (Å²) in [5.74, 6) is -0.0797. The van der Waals surface area contributed by atoms with Gasteiger partial charge < -0.3 is 5.32 Å². The van der Waals surface area contributed by atoms with Gasteiger partial charge in [0.2, 0.25) is 5.91 Å². The molecule has 0 aliphatic carbocycles. The Balaban J connectivity index is 3.34. The quantitative estimate of drug-likeness (QED) is 0.507. The zero-order chi connectivity index (χ0) is 9.61. The Morgan fingerprint density at radius 1 is 1.50 bits per heavy atom. The molecule has 0 saturated heterocycles. The lowest BCUT2D eigenvalue weighted by atomic mass is 9.91. The van der Waals surface area contributed by atoms with Crippen molar-refractivity contribution in [3.8, 4) is 0 Å². The Bertz CT molecular complexity index is 156. The number of carbonyl (C=O) groups excluding carboxylic acids is 1. The van der Waals surface area contributed by atoms with Gasteiger partial charge in [0, 0.05) is 6.54 Å². The third-order valence-corrected chi connectivity index (χ3v) is 1.59. The first-order chi connectivity index (χ1) is 5.45. The molecule has 0 unspecified atom stereocenters. The van der Waals surface area contributed by atoms with Crippen molar-refractivity contribution in [2.45, 2.75) is 33.6 Å². The molecule has 2 heteroatoms. The predicted molar refractivity (Wildman–Crippen MR) is 51.9 cm³/mol. The van der Waals surface area contributed by atoms with Crippen molar-refractivity contribution < 1.29 is 4.79 Å². The van der Waals surface area contributed by atoms with Crippen LogP contribution in [0.15, 0.2) is 12.7 Å². The maximum atomic E-state index is 10.7. The monoisotopic (exact) mass is 169 g/mol. The van der Waals surface area contributed by atoms with Gasteiger partial charge in [-0.25, -0.2) is 0 Å². The highest BCUT2D eigenvalue weighted by Gasteiger charge is 2.08. The van der Waals surface area contributed by atoms with E-state index in [0.717, 1.165) is 19.4 Å².